The van der Waals surface area contributed by atoms with E-state index in [-0.39, 0.29) is 5.56 Å². The van der Waals surface area contributed by atoms with Crippen LogP contribution in [-0.2, 0) is 0 Å². The summed E-state index contributed by atoms with van der Waals surface area (Å²) in [6, 6.07) is 18.9. The van der Waals surface area contributed by atoms with Crippen molar-refractivity contribution in [2.24, 2.45) is 0 Å². The summed E-state index contributed by atoms with van der Waals surface area (Å²) in [5, 5.41) is 11.5. The fraction of sp³-hybridized carbons (Fsp3) is 0. The predicted molar refractivity (Wildman–Crippen MR) is 83.6 cm³/mol. The number of carboxylic acids is 1. The first-order valence-corrected chi connectivity index (χ1v) is 6.66. The summed E-state index contributed by atoms with van der Waals surface area (Å²) in [4.78, 5) is 12.1. The number of rotatable bonds is 2. The smallest absolute Gasteiger partial charge is 0.336 e. The third kappa shape index (κ3) is 2.06. The van der Waals surface area contributed by atoms with Gasteiger partial charge in [-0.2, -0.15) is 0 Å². The molecule has 0 atom stereocenters. The van der Waals surface area contributed by atoms with E-state index in [1.54, 1.807) is 12.1 Å². The van der Waals surface area contributed by atoms with E-state index in [0.717, 1.165) is 16.3 Å². The Morgan fingerprint density at radius 2 is 1.60 bits per heavy atom. The molecule has 0 aliphatic heterocycles. The van der Waals surface area contributed by atoms with Gasteiger partial charge in [-0.1, -0.05) is 48.5 Å². The molecular weight excluding hydrogens is 268 g/mol. The Hall–Kier alpha value is -2.26. The van der Waals surface area contributed by atoms with E-state index in [0.29, 0.717) is 10.5 Å². The minimum absolute atomic E-state index is 0.272. The molecule has 0 aliphatic rings. The third-order valence-corrected chi connectivity index (χ3v) is 3.70. The molecule has 3 heteroatoms. The third-order valence-electron chi connectivity index (χ3n) is 3.33. The standard InChI is InChI=1S/C17H12O2S/c18-17(19)14-9-4-10-15(20)16(14)13-8-3-6-11-5-1-2-7-12(11)13/h1-10,20H,(H,18,19). The molecule has 98 valence electrons. The van der Waals surface area contributed by atoms with E-state index in [9.17, 15) is 9.90 Å². The molecule has 0 bridgehead atoms. The molecule has 0 aliphatic carbocycles. The molecule has 0 unspecified atom stereocenters. The molecule has 3 rings (SSSR count). The molecule has 0 fully saturated rings. The van der Waals surface area contributed by atoms with Crippen molar-refractivity contribution in [1.82, 2.24) is 0 Å². The lowest BCUT2D eigenvalue weighted by atomic mass is 9.94. The second-order valence-corrected chi connectivity index (χ2v) is 5.01. The van der Waals surface area contributed by atoms with Crippen molar-refractivity contribution in [3.05, 3.63) is 66.2 Å². The fourth-order valence-electron chi connectivity index (χ4n) is 2.44. The van der Waals surface area contributed by atoms with Gasteiger partial charge in [0.1, 0.15) is 0 Å². The number of thiol groups is 1. The normalized spacial score (nSPS) is 10.7. The number of hydrogen-bond acceptors (Lipinski definition) is 2. The van der Waals surface area contributed by atoms with Crippen LogP contribution in [0.4, 0.5) is 0 Å². The van der Waals surface area contributed by atoms with Crippen LogP contribution in [0, 0.1) is 0 Å². The minimum Gasteiger partial charge on any atom is -0.478 e. The topological polar surface area (TPSA) is 37.3 Å². The van der Waals surface area contributed by atoms with E-state index in [4.69, 9.17) is 0 Å². The lowest BCUT2D eigenvalue weighted by Gasteiger charge is -2.12. The van der Waals surface area contributed by atoms with Gasteiger partial charge in [-0.05, 0) is 28.5 Å². The molecule has 0 heterocycles. The van der Waals surface area contributed by atoms with Crippen molar-refractivity contribution in [3.8, 4) is 11.1 Å². The van der Waals surface area contributed by atoms with Crippen LogP contribution in [0.3, 0.4) is 0 Å². The van der Waals surface area contributed by atoms with Gasteiger partial charge in [0.15, 0.2) is 0 Å². The maximum atomic E-state index is 11.4. The molecule has 3 aromatic carbocycles. The van der Waals surface area contributed by atoms with Crippen LogP contribution in [-0.4, -0.2) is 11.1 Å². The van der Waals surface area contributed by atoms with Crippen molar-refractivity contribution in [1.29, 1.82) is 0 Å². The summed E-state index contributed by atoms with van der Waals surface area (Å²) in [6.45, 7) is 0. The van der Waals surface area contributed by atoms with Crippen molar-refractivity contribution in [2.75, 3.05) is 0 Å². The number of carboxylic acid groups (broad SMARTS) is 1. The van der Waals surface area contributed by atoms with Gasteiger partial charge in [-0.3, -0.25) is 0 Å². The van der Waals surface area contributed by atoms with Crippen molar-refractivity contribution in [3.63, 3.8) is 0 Å². The van der Waals surface area contributed by atoms with Crippen LogP contribution in [0.5, 0.6) is 0 Å². The quantitative estimate of drug-likeness (QED) is 0.678. The van der Waals surface area contributed by atoms with Gasteiger partial charge in [0, 0.05) is 10.5 Å². The Morgan fingerprint density at radius 3 is 2.40 bits per heavy atom. The molecule has 0 saturated carbocycles. The first kappa shape index (κ1) is 12.8. The molecule has 0 radical (unpaired) electrons. The van der Waals surface area contributed by atoms with Crippen molar-refractivity contribution in [2.45, 2.75) is 4.90 Å². The number of benzene rings is 3. The predicted octanol–water partition coefficient (Wildman–Crippen LogP) is 4.49. The Kier molecular flexibility index (Phi) is 3.20. The maximum Gasteiger partial charge on any atom is 0.336 e. The second kappa shape index (κ2) is 5.02. The number of carbonyl (C=O) groups is 1. The molecule has 1 N–H and O–H groups in total. The lowest BCUT2D eigenvalue weighted by Crippen LogP contribution is -2.00. The molecular formula is C17H12O2S. The van der Waals surface area contributed by atoms with E-state index in [1.165, 1.54) is 0 Å². The summed E-state index contributed by atoms with van der Waals surface area (Å²) < 4.78 is 0. The van der Waals surface area contributed by atoms with Crippen LogP contribution in [0.15, 0.2) is 65.6 Å². The van der Waals surface area contributed by atoms with Crippen molar-refractivity contribution >= 4 is 29.4 Å². The Labute approximate surface area is 122 Å². The highest BCUT2D eigenvalue weighted by molar-refractivity contribution is 7.80. The van der Waals surface area contributed by atoms with Crippen LogP contribution in [0.1, 0.15) is 10.4 Å². The molecule has 0 aromatic heterocycles. The highest BCUT2D eigenvalue weighted by Gasteiger charge is 2.15. The van der Waals surface area contributed by atoms with Gasteiger partial charge in [0.05, 0.1) is 5.56 Å². The summed E-state index contributed by atoms with van der Waals surface area (Å²) in [7, 11) is 0. The summed E-state index contributed by atoms with van der Waals surface area (Å²) in [5.41, 5.74) is 1.83. The second-order valence-electron chi connectivity index (χ2n) is 4.53. The van der Waals surface area contributed by atoms with Gasteiger partial charge in [0.2, 0.25) is 0 Å². The number of fused-ring (bicyclic) bond motifs is 1. The van der Waals surface area contributed by atoms with Gasteiger partial charge in [-0.25, -0.2) is 4.79 Å². The molecule has 0 saturated heterocycles. The Morgan fingerprint density at radius 1 is 0.900 bits per heavy atom. The zero-order valence-electron chi connectivity index (χ0n) is 10.6. The molecule has 2 nitrogen and oxygen atoms in total. The van der Waals surface area contributed by atoms with Gasteiger partial charge in [0.25, 0.3) is 0 Å². The van der Waals surface area contributed by atoms with Crippen LogP contribution in [0.2, 0.25) is 0 Å². The summed E-state index contributed by atoms with van der Waals surface area (Å²) in [5.74, 6) is -0.941. The fourth-order valence-corrected chi connectivity index (χ4v) is 2.77. The monoisotopic (exact) mass is 280 g/mol. The molecule has 0 spiro atoms. The zero-order chi connectivity index (χ0) is 14.1. The van der Waals surface area contributed by atoms with E-state index in [2.05, 4.69) is 12.6 Å². The molecule has 3 aromatic rings. The Balaban J connectivity index is 2.40. The first-order chi connectivity index (χ1) is 9.68. The highest BCUT2D eigenvalue weighted by Crippen LogP contribution is 2.35. The van der Waals surface area contributed by atoms with Gasteiger partial charge in [-0.15, -0.1) is 12.6 Å². The van der Waals surface area contributed by atoms with Crippen LogP contribution < -0.4 is 0 Å². The maximum absolute atomic E-state index is 11.4. The van der Waals surface area contributed by atoms with Gasteiger partial charge >= 0.3 is 5.97 Å². The molecule has 20 heavy (non-hydrogen) atoms. The van der Waals surface area contributed by atoms with Gasteiger partial charge < -0.3 is 5.11 Å². The van der Waals surface area contributed by atoms with Crippen molar-refractivity contribution < 1.29 is 9.90 Å². The molecule has 0 amide bonds. The van der Waals surface area contributed by atoms with E-state index in [1.807, 2.05) is 48.5 Å². The van der Waals surface area contributed by atoms with Crippen LogP contribution >= 0.6 is 12.6 Å². The summed E-state index contributed by atoms with van der Waals surface area (Å²) in [6.07, 6.45) is 0. The SMILES string of the molecule is O=C(O)c1cccc(S)c1-c1cccc2ccccc12. The lowest BCUT2D eigenvalue weighted by molar-refractivity contribution is 0.0697. The average molecular weight is 280 g/mol. The van der Waals surface area contributed by atoms with E-state index >= 15 is 0 Å². The highest BCUT2D eigenvalue weighted by atomic mass is 32.1. The largest absolute Gasteiger partial charge is 0.478 e. The summed E-state index contributed by atoms with van der Waals surface area (Å²) >= 11 is 4.44. The average Bonchev–Trinajstić information content (AvgIpc) is 2.46. The first-order valence-electron chi connectivity index (χ1n) is 6.22. The minimum atomic E-state index is -0.941. The Bertz CT molecular complexity index is 804. The zero-order valence-corrected chi connectivity index (χ0v) is 11.5. The number of aromatic carboxylic acids is 1. The number of hydrogen-bond donors (Lipinski definition) is 2. The van der Waals surface area contributed by atoms with E-state index < -0.39 is 5.97 Å². The van der Waals surface area contributed by atoms with Crippen LogP contribution in [0.25, 0.3) is 21.9 Å².